The number of carbonyl (C=O) groups excluding carboxylic acids is 1. The number of fused-ring (bicyclic) bond motifs is 1. The van der Waals surface area contributed by atoms with E-state index in [1.165, 1.54) is 28.0 Å². The highest BCUT2D eigenvalue weighted by Gasteiger charge is 2.17. The zero-order valence-electron chi connectivity index (χ0n) is 15.1. The topological polar surface area (TPSA) is 54.5 Å². The van der Waals surface area contributed by atoms with E-state index in [-0.39, 0.29) is 5.91 Å². The first-order valence-corrected chi connectivity index (χ1v) is 11.1. The zero-order valence-corrected chi connectivity index (χ0v) is 16.8. The zero-order chi connectivity index (χ0) is 18.5. The predicted molar refractivity (Wildman–Crippen MR) is 112 cm³/mol. The van der Waals surface area contributed by atoms with E-state index >= 15 is 0 Å². The highest BCUT2D eigenvalue weighted by atomic mass is 32.1. The molecule has 0 saturated carbocycles. The summed E-state index contributed by atoms with van der Waals surface area (Å²) in [5, 5.41) is 8.84. The molecule has 27 heavy (non-hydrogen) atoms. The second-order valence-corrected chi connectivity index (χ2v) is 8.24. The van der Waals surface area contributed by atoms with Crippen LogP contribution >= 0.6 is 22.9 Å². The van der Waals surface area contributed by atoms with E-state index in [9.17, 15) is 4.79 Å². The average molecular weight is 402 g/mol. The summed E-state index contributed by atoms with van der Waals surface area (Å²) in [6.45, 7) is 3.20. The molecule has 0 radical (unpaired) electrons. The fourth-order valence-corrected chi connectivity index (χ4v) is 4.96. The summed E-state index contributed by atoms with van der Waals surface area (Å²) in [5.41, 5.74) is 0.745. The Morgan fingerprint density at radius 3 is 2.78 bits per heavy atom. The van der Waals surface area contributed by atoms with Crippen LogP contribution in [-0.2, 0) is 0 Å². The molecule has 1 aliphatic heterocycles. The Hall–Kier alpha value is -2.12. The van der Waals surface area contributed by atoms with Gasteiger partial charge in [-0.15, -0.1) is 0 Å². The number of nitrogens with zero attached hydrogens (tertiary/aromatic N) is 2. The standard InChI is InChI=1S/C20H23N3O2S2/c24-20(23-10-2-1-3-11-23)15-5-7-16(8-6-15)25-12-4-9-21-19-17-13-26-14-18(17)27-22-19/h5-8,13-14H,1-4,9-12H2,(H,21,22). The van der Waals surface area contributed by atoms with Crippen LogP contribution in [0, 0.1) is 0 Å². The van der Waals surface area contributed by atoms with Crippen molar-refractivity contribution >= 4 is 44.7 Å². The molecule has 0 unspecified atom stereocenters. The van der Waals surface area contributed by atoms with Crippen LogP contribution in [0.15, 0.2) is 35.0 Å². The number of carbonyl (C=O) groups is 1. The number of nitrogens with one attached hydrogen (secondary N) is 1. The second-order valence-electron chi connectivity index (χ2n) is 6.69. The maximum absolute atomic E-state index is 12.5. The Morgan fingerprint density at radius 2 is 1.96 bits per heavy atom. The van der Waals surface area contributed by atoms with Gasteiger partial charge in [-0.2, -0.15) is 15.7 Å². The van der Waals surface area contributed by atoms with E-state index in [1.54, 1.807) is 11.3 Å². The van der Waals surface area contributed by atoms with Gasteiger partial charge in [0.25, 0.3) is 5.91 Å². The SMILES string of the molecule is O=C(c1ccc(OCCCNc2nsc3cscc23)cc1)N1CCCCC1. The van der Waals surface area contributed by atoms with Gasteiger partial charge in [-0.3, -0.25) is 4.79 Å². The monoisotopic (exact) mass is 401 g/mol. The number of piperidine rings is 1. The van der Waals surface area contributed by atoms with E-state index in [0.29, 0.717) is 6.61 Å². The van der Waals surface area contributed by atoms with Gasteiger partial charge in [-0.1, -0.05) is 0 Å². The Balaban J connectivity index is 1.21. The minimum Gasteiger partial charge on any atom is -0.494 e. The lowest BCUT2D eigenvalue weighted by Gasteiger charge is -2.26. The van der Waals surface area contributed by atoms with Gasteiger partial charge in [-0.25, -0.2) is 0 Å². The van der Waals surface area contributed by atoms with Crippen LogP contribution in [-0.4, -0.2) is 41.4 Å². The largest absolute Gasteiger partial charge is 0.494 e. The third-order valence-electron chi connectivity index (χ3n) is 4.74. The lowest BCUT2D eigenvalue weighted by Crippen LogP contribution is -2.35. The molecule has 1 N–H and O–H groups in total. The fraction of sp³-hybridized carbons (Fsp3) is 0.400. The number of amides is 1. The highest BCUT2D eigenvalue weighted by molar-refractivity contribution is 7.19. The van der Waals surface area contributed by atoms with Crippen molar-refractivity contribution in [2.24, 2.45) is 0 Å². The lowest BCUT2D eigenvalue weighted by molar-refractivity contribution is 0.0724. The molecule has 0 spiro atoms. The Labute approximate surface area is 167 Å². The quantitative estimate of drug-likeness (QED) is 0.574. The molecule has 7 heteroatoms. The van der Waals surface area contributed by atoms with Crippen molar-refractivity contribution in [3.63, 3.8) is 0 Å². The predicted octanol–water partition coefficient (Wildman–Crippen LogP) is 4.86. The average Bonchev–Trinajstić information content (AvgIpc) is 3.33. The molecule has 0 atom stereocenters. The molecule has 0 bridgehead atoms. The summed E-state index contributed by atoms with van der Waals surface area (Å²) in [6.07, 6.45) is 4.34. The minimum absolute atomic E-state index is 0.133. The molecule has 1 aliphatic rings. The molecule has 142 valence electrons. The first-order valence-electron chi connectivity index (χ1n) is 9.39. The summed E-state index contributed by atoms with van der Waals surface area (Å²) in [5.74, 6) is 1.91. The number of benzene rings is 1. The van der Waals surface area contributed by atoms with Gasteiger partial charge in [0.2, 0.25) is 0 Å². The summed E-state index contributed by atoms with van der Waals surface area (Å²) in [4.78, 5) is 14.4. The van der Waals surface area contributed by atoms with Crippen LogP contribution < -0.4 is 10.1 Å². The van der Waals surface area contributed by atoms with Gasteiger partial charge in [0.1, 0.15) is 11.6 Å². The van der Waals surface area contributed by atoms with Gasteiger partial charge in [-0.05, 0) is 61.5 Å². The first kappa shape index (κ1) is 18.3. The van der Waals surface area contributed by atoms with Crippen molar-refractivity contribution in [2.45, 2.75) is 25.7 Å². The Kier molecular flexibility index (Phi) is 5.89. The van der Waals surface area contributed by atoms with Gasteiger partial charge in [0, 0.05) is 41.3 Å². The van der Waals surface area contributed by atoms with E-state index in [4.69, 9.17) is 4.74 Å². The maximum atomic E-state index is 12.5. The number of rotatable bonds is 7. The molecule has 3 aromatic rings. The molecule has 3 heterocycles. The molecule has 1 aromatic carbocycles. The number of anilines is 1. The van der Waals surface area contributed by atoms with E-state index in [2.05, 4.69) is 20.5 Å². The van der Waals surface area contributed by atoms with Crippen molar-refractivity contribution in [1.29, 1.82) is 0 Å². The summed E-state index contributed by atoms with van der Waals surface area (Å²) in [7, 11) is 0. The van der Waals surface area contributed by atoms with Gasteiger partial charge in [0.15, 0.2) is 0 Å². The van der Waals surface area contributed by atoms with Crippen LogP contribution in [0.5, 0.6) is 5.75 Å². The van der Waals surface area contributed by atoms with Crippen LogP contribution in [0.2, 0.25) is 0 Å². The first-order chi connectivity index (χ1) is 13.3. The molecule has 4 rings (SSSR count). The molecular formula is C20H23N3O2S2. The summed E-state index contributed by atoms with van der Waals surface area (Å²) in [6, 6.07) is 7.51. The van der Waals surface area contributed by atoms with Gasteiger partial charge in [0.05, 0.1) is 11.3 Å². The van der Waals surface area contributed by atoms with Crippen LogP contribution in [0.4, 0.5) is 5.82 Å². The summed E-state index contributed by atoms with van der Waals surface area (Å²) >= 11 is 3.24. The van der Waals surface area contributed by atoms with E-state index in [1.807, 2.05) is 29.2 Å². The van der Waals surface area contributed by atoms with Crippen LogP contribution in [0.3, 0.4) is 0 Å². The number of thiophene rings is 1. The van der Waals surface area contributed by atoms with E-state index < -0.39 is 0 Å². The number of hydrogen-bond acceptors (Lipinski definition) is 6. The molecular weight excluding hydrogens is 378 g/mol. The van der Waals surface area contributed by atoms with E-state index in [0.717, 1.165) is 56.0 Å². The van der Waals surface area contributed by atoms with Crippen LogP contribution in [0.25, 0.3) is 10.1 Å². The number of hydrogen-bond donors (Lipinski definition) is 1. The second kappa shape index (κ2) is 8.71. The summed E-state index contributed by atoms with van der Waals surface area (Å²) < 4.78 is 11.5. The number of aromatic nitrogens is 1. The third kappa shape index (κ3) is 4.42. The highest BCUT2D eigenvalue weighted by Crippen LogP contribution is 2.29. The molecule has 1 amide bonds. The molecule has 5 nitrogen and oxygen atoms in total. The number of ether oxygens (including phenoxy) is 1. The number of likely N-dealkylation sites (tertiary alicyclic amines) is 1. The Bertz CT molecular complexity index is 882. The lowest BCUT2D eigenvalue weighted by atomic mass is 10.1. The fourth-order valence-electron chi connectivity index (χ4n) is 3.24. The normalized spacial score (nSPS) is 14.4. The minimum atomic E-state index is 0.133. The third-order valence-corrected chi connectivity index (χ3v) is 6.44. The van der Waals surface area contributed by atoms with Gasteiger partial charge < -0.3 is 15.0 Å². The Morgan fingerprint density at radius 1 is 1.15 bits per heavy atom. The van der Waals surface area contributed by atoms with Gasteiger partial charge >= 0.3 is 0 Å². The van der Waals surface area contributed by atoms with Crippen molar-refractivity contribution < 1.29 is 9.53 Å². The molecule has 2 aromatic heterocycles. The van der Waals surface area contributed by atoms with Crippen molar-refractivity contribution in [3.8, 4) is 5.75 Å². The smallest absolute Gasteiger partial charge is 0.253 e. The van der Waals surface area contributed by atoms with Crippen molar-refractivity contribution in [3.05, 3.63) is 40.6 Å². The molecule has 1 fully saturated rings. The van der Waals surface area contributed by atoms with Crippen molar-refractivity contribution in [2.75, 3.05) is 31.6 Å². The molecule has 1 saturated heterocycles. The maximum Gasteiger partial charge on any atom is 0.253 e. The van der Waals surface area contributed by atoms with Crippen molar-refractivity contribution in [1.82, 2.24) is 9.27 Å². The van der Waals surface area contributed by atoms with Crippen LogP contribution in [0.1, 0.15) is 36.0 Å². The molecule has 0 aliphatic carbocycles.